The molecular weight excluding hydrogens is 268 g/mol. The van der Waals surface area contributed by atoms with Crippen LogP contribution < -0.4 is 0 Å². The number of fused-ring (bicyclic) bond motifs is 2. The molecule has 2 nitrogen and oxygen atoms in total. The molecule has 104 valence electrons. The van der Waals surface area contributed by atoms with Gasteiger partial charge in [-0.2, -0.15) is 0 Å². The third kappa shape index (κ3) is 2.45. The predicted octanol–water partition coefficient (Wildman–Crippen LogP) is 2.93. The first-order valence-corrected chi connectivity index (χ1v) is 8.47. The predicted molar refractivity (Wildman–Crippen MR) is 81.0 cm³/mol. The first-order chi connectivity index (χ1) is 9.69. The maximum absolute atomic E-state index is 12.6. The van der Waals surface area contributed by atoms with Gasteiger partial charge in [0.05, 0.1) is 0 Å². The monoisotopic (exact) mass is 286 g/mol. The number of benzene rings is 1. The molecule has 0 amide bonds. The van der Waals surface area contributed by atoms with E-state index in [9.17, 15) is 9.00 Å². The third-order valence-corrected chi connectivity index (χ3v) is 6.68. The van der Waals surface area contributed by atoms with E-state index in [1.54, 1.807) is 0 Å². The lowest BCUT2D eigenvalue weighted by molar-refractivity contribution is 0.0895. The number of hydrogen-bond donors (Lipinski definition) is 0. The number of rotatable bonds is 2. The molecule has 1 aromatic carbocycles. The average molecular weight is 286 g/mol. The van der Waals surface area contributed by atoms with Crippen molar-refractivity contribution in [3.05, 3.63) is 35.4 Å². The Morgan fingerprint density at radius 3 is 2.30 bits per heavy atom. The van der Waals surface area contributed by atoms with Crippen molar-refractivity contribution in [2.24, 2.45) is 5.92 Å². The Labute approximate surface area is 122 Å². The van der Waals surface area contributed by atoms with Crippen LogP contribution in [-0.4, -0.2) is 20.5 Å². The fourth-order valence-corrected chi connectivity index (χ4v) is 5.60. The zero-order valence-electron chi connectivity index (χ0n) is 11.4. The standard InChI is InChI=1S/C17H18O2S/c1-2-12-6-8-13(9-7-12)17(18)14-10-15-4-3-5-16(11-14)20(15)19/h1,6-9,14-16H,3-5,10-11H2. The molecule has 1 aromatic rings. The summed E-state index contributed by atoms with van der Waals surface area (Å²) >= 11 is 0. The molecule has 0 radical (unpaired) electrons. The van der Waals surface area contributed by atoms with Crippen molar-refractivity contribution in [2.45, 2.75) is 42.6 Å². The van der Waals surface area contributed by atoms with Gasteiger partial charge in [0.1, 0.15) is 0 Å². The number of ketones is 1. The van der Waals surface area contributed by atoms with Crippen molar-refractivity contribution in [2.75, 3.05) is 0 Å². The van der Waals surface area contributed by atoms with Crippen molar-refractivity contribution >= 4 is 16.6 Å². The van der Waals surface area contributed by atoms with Gasteiger partial charge in [0, 0.05) is 38.3 Å². The van der Waals surface area contributed by atoms with Gasteiger partial charge in [0.25, 0.3) is 0 Å². The Morgan fingerprint density at radius 2 is 1.75 bits per heavy atom. The van der Waals surface area contributed by atoms with Crippen LogP contribution in [0.4, 0.5) is 0 Å². The SMILES string of the molecule is C#Cc1ccc(C(=O)C2CC3CCCC(C2)S3=O)cc1. The second-order valence-electron chi connectivity index (χ2n) is 5.76. The van der Waals surface area contributed by atoms with Crippen molar-refractivity contribution in [3.63, 3.8) is 0 Å². The zero-order valence-corrected chi connectivity index (χ0v) is 12.2. The zero-order chi connectivity index (χ0) is 14.1. The summed E-state index contributed by atoms with van der Waals surface area (Å²) in [6.45, 7) is 0. The van der Waals surface area contributed by atoms with Gasteiger partial charge in [-0.1, -0.05) is 24.5 Å². The summed E-state index contributed by atoms with van der Waals surface area (Å²) in [6, 6.07) is 7.27. The Morgan fingerprint density at radius 1 is 1.15 bits per heavy atom. The summed E-state index contributed by atoms with van der Waals surface area (Å²) in [7, 11) is -0.713. The Balaban J connectivity index is 1.77. The maximum Gasteiger partial charge on any atom is 0.166 e. The number of carbonyl (C=O) groups excluding carboxylic acids is 1. The highest BCUT2D eigenvalue weighted by atomic mass is 32.2. The molecule has 3 rings (SSSR count). The first-order valence-electron chi connectivity index (χ1n) is 7.19. The summed E-state index contributed by atoms with van der Waals surface area (Å²) in [4.78, 5) is 12.6. The van der Waals surface area contributed by atoms with Crippen LogP contribution >= 0.6 is 0 Å². The minimum Gasteiger partial charge on any atom is -0.294 e. The van der Waals surface area contributed by atoms with E-state index < -0.39 is 10.8 Å². The molecule has 0 N–H and O–H groups in total. The molecule has 0 aliphatic carbocycles. The van der Waals surface area contributed by atoms with Crippen LogP contribution in [-0.2, 0) is 10.8 Å². The molecule has 2 atom stereocenters. The number of terminal acetylenes is 1. The van der Waals surface area contributed by atoms with Crippen LogP contribution in [0.2, 0.25) is 0 Å². The third-order valence-electron chi connectivity index (χ3n) is 4.51. The smallest absolute Gasteiger partial charge is 0.166 e. The van der Waals surface area contributed by atoms with Crippen LogP contribution in [0.3, 0.4) is 0 Å². The van der Waals surface area contributed by atoms with Crippen LogP contribution in [0.25, 0.3) is 0 Å². The Bertz CT molecular complexity index is 566. The molecule has 2 bridgehead atoms. The maximum atomic E-state index is 12.6. The van der Waals surface area contributed by atoms with E-state index in [1.165, 1.54) is 6.42 Å². The molecule has 2 aliphatic rings. The van der Waals surface area contributed by atoms with Gasteiger partial charge in [-0.15, -0.1) is 6.42 Å². The van der Waals surface area contributed by atoms with Gasteiger partial charge >= 0.3 is 0 Å². The van der Waals surface area contributed by atoms with Crippen molar-refractivity contribution < 1.29 is 9.00 Å². The van der Waals surface area contributed by atoms with Gasteiger partial charge in [-0.3, -0.25) is 9.00 Å². The molecular formula is C17H18O2S. The van der Waals surface area contributed by atoms with Gasteiger partial charge < -0.3 is 0 Å². The number of carbonyl (C=O) groups is 1. The first kappa shape index (κ1) is 13.6. The number of hydrogen-bond acceptors (Lipinski definition) is 2. The molecule has 0 aromatic heterocycles. The van der Waals surface area contributed by atoms with Crippen LogP contribution in [0, 0.1) is 18.3 Å². The van der Waals surface area contributed by atoms with Gasteiger partial charge in [0.2, 0.25) is 0 Å². The molecule has 2 saturated heterocycles. The highest BCUT2D eigenvalue weighted by Gasteiger charge is 2.40. The van der Waals surface area contributed by atoms with E-state index in [2.05, 4.69) is 5.92 Å². The highest BCUT2D eigenvalue weighted by Crippen LogP contribution is 2.38. The van der Waals surface area contributed by atoms with Gasteiger partial charge in [-0.25, -0.2) is 0 Å². The van der Waals surface area contributed by atoms with Gasteiger partial charge in [0.15, 0.2) is 5.78 Å². The molecule has 0 saturated carbocycles. The molecule has 3 heteroatoms. The highest BCUT2D eigenvalue weighted by molar-refractivity contribution is 7.86. The van der Waals surface area contributed by atoms with Crippen molar-refractivity contribution in [1.29, 1.82) is 0 Å². The number of Topliss-reactive ketones (excluding diaryl/α,β-unsaturated/α-hetero) is 1. The molecule has 2 heterocycles. The second-order valence-corrected chi connectivity index (χ2v) is 7.75. The Hall–Kier alpha value is -1.40. The van der Waals surface area contributed by atoms with E-state index in [0.717, 1.165) is 36.8 Å². The molecule has 2 unspecified atom stereocenters. The molecule has 0 spiro atoms. The summed E-state index contributed by atoms with van der Waals surface area (Å²) < 4.78 is 12.2. The lowest BCUT2D eigenvalue weighted by Gasteiger charge is -2.37. The van der Waals surface area contributed by atoms with E-state index in [4.69, 9.17) is 6.42 Å². The quantitative estimate of drug-likeness (QED) is 0.619. The lowest BCUT2D eigenvalue weighted by Crippen LogP contribution is -2.41. The largest absolute Gasteiger partial charge is 0.294 e. The average Bonchev–Trinajstić information content (AvgIpc) is 2.46. The summed E-state index contributed by atoms with van der Waals surface area (Å²) in [5.41, 5.74) is 1.53. The molecule has 2 fully saturated rings. The fourth-order valence-electron chi connectivity index (χ4n) is 3.41. The Kier molecular flexibility index (Phi) is 3.76. The minimum absolute atomic E-state index is 0.0414. The minimum atomic E-state index is -0.713. The van der Waals surface area contributed by atoms with Crippen molar-refractivity contribution in [1.82, 2.24) is 0 Å². The summed E-state index contributed by atoms with van der Waals surface area (Å²) in [5.74, 6) is 2.80. The lowest BCUT2D eigenvalue weighted by atomic mass is 9.84. The molecule has 20 heavy (non-hydrogen) atoms. The topological polar surface area (TPSA) is 34.1 Å². The van der Waals surface area contributed by atoms with E-state index in [0.29, 0.717) is 0 Å². The van der Waals surface area contributed by atoms with E-state index in [1.807, 2.05) is 24.3 Å². The van der Waals surface area contributed by atoms with Crippen LogP contribution in [0.15, 0.2) is 24.3 Å². The van der Waals surface area contributed by atoms with E-state index in [-0.39, 0.29) is 22.2 Å². The fraction of sp³-hybridized carbons (Fsp3) is 0.471. The van der Waals surface area contributed by atoms with Crippen LogP contribution in [0.1, 0.15) is 48.0 Å². The second kappa shape index (κ2) is 5.54. The molecule has 2 aliphatic heterocycles. The normalized spacial score (nSPS) is 32.4. The van der Waals surface area contributed by atoms with Crippen LogP contribution in [0.5, 0.6) is 0 Å². The van der Waals surface area contributed by atoms with Gasteiger partial charge in [-0.05, 0) is 37.8 Å². The summed E-state index contributed by atoms with van der Waals surface area (Å²) in [5, 5.41) is 0.475. The van der Waals surface area contributed by atoms with Crippen molar-refractivity contribution in [3.8, 4) is 12.3 Å². The van der Waals surface area contributed by atoms with E-state index >= 15 is 0 Å². The summed E-state index contributed by atoms with van der Waals surface area (Å²) in [6.07, 6.45) is 10.1.